The van der Waals surface area contributed by atoms with Gasteiger partial charge in [0.1, 0.15) is 0 Å². The van der Waals surface area contributed by atoms with E-state index in [9.17, 15) is 4.79 Å². The lowest BCUT2D eigenvalue weighted by Crippen LogP contribution is -2.06. The van der Waals surface area contributed by atoms with Crippen molar-refractivity contribution in [2.24, 2.45) is 0 Å². The quantitative estimate of drug-likeness (QED) is 0.721. The number of esters is 1. The maximum atomic E-state index is 11.2. The lowest BCUT2D eigenvalue weighted by Gasteiger charge is -2.04. The van der Waals surface area contributed by atoms with Crippen molar-refractivity contribution in [2.75, 3.05) is 6.61 Å². The first kappa shape index (κ1) is 12.1. The van der Waals surface area contributed by atoms with E-state index in [0.29, 0.717) is 24.5 Å². The average Bonchev–Trinajstić information content (AvgIpc) is 2.25. The van der Waals surface area contributed by atoms with E-state index in [0.717, 1.165) is 12.0 Å². The fourth-order valence-electron chi connectivity index (χ4n) is 1.23. The van der Waals surface area contributed by atoms with E-state index in [2.05, 4.69) is 0 Å². The van der Waals surface area contributed by atoms with Gasteiger partial charge in [0.2, 0.25) is 0 Å². The second-order valence-corrected chi connectivity index (χ2v) is 3.72. The maximum Gasteiger partial charge on any atom is 0.306 e. The molecule has 0 aliphatic carbocycles. The average molecular weight is 227 g/mol. The Hall–Kier alpha value is -1.02. The Morgan fingerprint density at radius 2 is 2.13 bits per heavy atom. The molecule has 1 aromatic carbocycles. The summed E-state index contributed by atoms with van der Waals surface area (Å²) < 4.78 is 4.97. The summed E-state index contributed by atoms with van der Waals surface area (Å²) in [6.45, 7) is 2.47. The fourth-order valence-corrected chi connectivity index (χ4v) is 1.46. The number of rotatable bonds is 5. The van der Waals surface area contributed by atoms with Crippen LogP contribution in [0.15, 0.2) is 24.3 Å². The van der Waals surface area contributed by atoms with Crippen LogP contribution in [-0.2, 0) is 16.0 Å². The Bertz CT molecular complexity index is 323. The van der Waals surface area contributed by atoms with Crippen molar-refractivity contribution in [1.82, 2.24) is 0 Å². The summed E-state index contributed by atoms with van der Waals surface area (Å²) in [7, 11) is 0. The number of carbonyl (C=O) groups excluding carboxylic acids is 1. The van der Waals surface area contributed by atoms with Gasteiger partial charge in [-0.25, -0.2) is 0 Å². The normalized spacial score (nSPS) is 10.0. The molecular formula is C12H15ClO2. The molecule has 0 heterocycles. The lowest BCUT2D eigenvalue weighted by molar-refractivity contribution is -0.143. The molecule has 0 saturated carbocycles. The van der Waals surface area contributed by atoms with Gasteiger partial charge in [0.25, 0.3) is 0 Å². The van der Waals surface area contributed by atoms with E-state index < -0.39 is 0 Å². The van der Waals surface area contributed by atoms with Gasteiger partial charge >= 0.3 is 5.97 Å². The van der Waals surface area contributed by atoms with Gasteiger partial charge < -0.3 is 4.74 Å². The Kier molecular flexibility index (Phi) is 5.19. The molecular weight excluding hydrogens is 212 g/mol. The van der Waals surface area contributed by atoms with E-state index >= 15 is 0 Å². The van der Waals surface area contributed by atoms with Gasteiger partial charge in [0.05, 0.1) is 6.61 Å². The highest BCUT2D eigenvalue weighted by Gasteiger charge is 2.05. The lowest BCUT2D eigenvalue weighted by atomic mass is 10.1. The van der Waals surface area contributed by atoms with Gasteiger partial charge in [-0.05, 0) is 24.5 Å². The molecule has 0 aliphatic heterocycles. The molecule has 0 radical (unpaired) electrons. The highest BCUT2D eigenvalue weighted by molar-refractivity contribution is 6.31. The monoisotopic (exact) mass is 226 g/mol. The highest BCUT2D eigenvalue weighted by Crippen LogP contribution is 2.16. The number of hydrogen-bond donors (Lipinski definition) is 0. The molecule has 0 fully saturated rings. The Balaban J connectivity index is 2.37. The van der Waals surface area contributed by atoms with Crippen LogP contribution in [-0.4, -0.2) is 12.6 Å². The van der Waals surface area contributed by atoms with Crippen LogP contribution in [0.2, 0.25) is 5.02 Å². The molecule has 1 aromatic rings. The van der Waals surface area contributed by atoms with Gasteiger partial charge in [-0.2, -0.15) is 0 Å². The number of aryl methyl sites for hydroxylation is 1. The molecule has 1 rings (SSSR count). The summed E-state index contributed by atoms with van der Waals surface area (Å²) in [6.07, 6.45) is 1.89. The van der Waals surface area contributed by atoms with Gasteiger partial charge in [0.15, 0.2) is 0 Å². The molecule has 0 aromatic heterocycles. The molecule has 2 nitrogen and oxygen atoms in total. The first-order valence-corrected chi connectivity index (χ1v) is 5.51. The van der Waals surface area contributed by atoms with E-state index in [-0.39, 0.29) is 5.97 Å². The van der Waals surface area contributed by atoms with Gasteiger partial charge in [-0.3, -0.25) is 4.79 Å². The van der Waals surface area contributed by atoms with E-state index in [1.165, 1.54) is 0 Å². The number of carbonyl (C=O) groups is 1. The first-order chi connectivity index (χ1) is 7.24. The third-order valence-corrected chi connectivity index (χ3v) is 2.39. The van der Waals surface area contributed by atoms with Crippen LogP contribution >= 0.6 is 11.6 Å². The zero-order valence-corrected chi connectivity index (χ0v) is 9.59. The third kappa shape index (κ3) is 4.34. The predicted octanol–water partition coefficient (Wildman–Crippen LogP) is 3.23. The smallest absolute Gasteiger partial charge is 0.306 e. The number of benzene rings is 1. The van der Waals surface area contributed by atoms with Crippen LogP contribution in [0.4, 0.5) is 0 Å². The molecule has 0 bridgehead atoms. The number of ether oxygens (including phenoxy) is 1. The molecule has 0 atom stereocenters. The summed E-state index contributed by atoms with van der Waals surface area (Å²) >= 11 is 5.96. The molecule has 82 valence electrons. The van der Waals surface area contributed by atoms with Gasteiger partial charge in [-0.15, -0.1) is 0 Å². The highest BCUT2D eigenvalue weighted by atomic mass is 35.5. The minimum atomic E-state index is -0.156. The van der Waals surface area contributed by atoms with Gasteiger partial charge in [-0.1, -0.05) is 36.7 Å². The van der Waals surface area contributed by atoms with Crippen LogP contribution in [0, 0.1) is 0 Å². The molecule has 0 aliphatic rings. The minimum Gasteiger partial charge on any atom is -0.466 e. The Morgan fingerprint density at radius 3 is 2.80 bits per heavy atom. The van der Waals surface area contributed by atoms with Crippen LogP contribution in [0.1, 0.15) is 25.3 Å². The SMILES string of the molecule is CCCOC(=O)CCc1ccccc1Cl. The number of hydrogen-bond acceptors (Lipinski definition) is 2. The molecule has 0 spiro atoms. The second-order valence-electron chi connectivity index (χ2n) is 3.31. The summed E-state index contributed by atoms with van der Waals surface area (Å²) in [5.41, 5.74) is 0.993. The molecule has 3 heteroatoms. The molecule has 0 amide bonds. The van der Waals surface area contributed by atoms with Crippen molar-refractivity contribution in [1.29, 1.82) is 0 Å². The molecule has 0 saturated heterocycles. The summed E-state index contributed by atoms with van der Waals surface area (Å²) in [5, 5.41) is 0.709. The molecule has 0 unspecified atom stereocenters. The Labute approximate surface area is 95.2 Å². The van der Waals surface area contributed by atoms with E-state index in [4.69, 9.17) is 16.3 Å². The van der Waals surface area contributed by atoms with E-state index in [1.807, 2.05) is 31.2 Å². The van der Waals surface area contributed by atoms with E-state index in [1.54, 1.807) is 0 Å². The topological polar surface area (TPSA) is 26.3 Å². The second kappa shape index (κ2) is 6.46. The maximum absolute atomic E-state index is 11.2. The summed E-state index contributed by atoms with van der Waals surface area (Å²) in [6, 6.07) is 7.55. The molecule has 15 heavy (non-hydrogen) atoms. The minimum absolute atomic E-state index is 0.156. The standard InChI is InChI=1S/C12H15ClO2/c1-2-9-15-12(14)8-7-10-5-3-4-6-11(10)13/h3-6H,2,7-9H2,1H3. The van der Waals surface area contributed by atoms with Crippen LogP contribution < -0.4 is 0 Å². The first-order valence-electron chi connectivity index (χ1n) is 5.13. The fraction of sp³-hybridized carbons (Fsp3) is 0.417. The van der Waals surface area contributed by atoms with Gasteiger partial charge in [0, 0.05) is 11.4 Å². The van der Waals surface area contributed by atoms with Crippen LogP contribution in [0.25, 0.3) is 0 Å². The largest absolute Gasteiger partial charge is 0.466 e. The van der Waals surface area contributed by atoms with Crippen molar-refractivity contribution in [3.63, 3.8) is 0 Å². The Morgan fingerprint density at radius 1 is 1.40 bits per heavy atom. The summed E-state index contributed by atoms with van der Waals surface area (Å²) in [4.78, 5) is 11.2. The zero-order chi connectivity index (χ0) is 11.1. The predicted molar refractivity (Wildman–Crippen MR) is 61.0 cm³/mol. The van der Waals surface area contributed by atoms with Crippen molar-refractivity contribution in [3.8, 4) is 0 Å². The zero-order valence-electron chi connectivity index (χ0n) is 8.83. The molecule has 0 N–H and O–H groups in total. The van der Waals surface area contributed by atoms with Crippen molar-refractivity contribution < 1.29 is 9.53 Å². The van der Waals surface area contributed by atoms with Crippen LogP contribution in [0.3, 0.4) is 0 Å². The van der Waals surface area contributed by atoms with Crippen molar-refractivity contribution in [3.05, 3.63) is 34.9 Å². The number of halogens is 1. The third-order valence-electron chi connectivity index (χ3n) is 2.02. The summed E-state index contributed by atoms with van der Waals surface area (Å²) in [5.74, 6) is -0.156. The van der Waals surface area contributed by atoms with Crippen molar-refractivity contribution in [2.45, 2.75) is 26.2 Å². The van der Waals surface area contributed by atoms with Crippen LogP contribution in [0.5, 0.6) is 0 Å². The van der Waals surface area contributed by atoms with Crippen molar-refractivity contribution >= 4 is 17.6 Å².